The van der Waals surface area contributed by atoms with E-state index in [4.69, 9.17) is 4.42 Å². The zero-order valence-electron chi connectivity index (χ0n) is 19.2. The predicted molar refractivity (Wildman–Crippen MR) is 139 cm³/mol. The van der Waals surface area contributed by atoms with Gasteiger partial charge in [-0.05, 0) is 48.4 Å². The maximum absolute atomic E-state index is 12.6. The molecule has 0 radical (unpaired) electrons. The number of benzene rings is 3. The Hall–Kier alpha value is -3.62. The lowest BCUT2D eigenvalue weighted by Crippen LogP contribution is -2.32. The molecule has 4 aromatic rings. The van der Waals surface area contributed by atoms with Gasteiger partial charge in [-0.25, -0.2) is 0 Å². The first-order valence-corrected chi connectivity index (χ1v) is 12.2. The van der Waals surface area contributed by atoms with E-state index in [1.54, 1.807) is 0 Å². The van der Waals surface area contributed by atoms with Gasteiger partial charge in [0.1, 0.15) is 16.9 Å². The van der Waals surface area contributed by atoms with Crippen molar-refractivity contribution in [1.29, 1.82) is 0 Å². The largest absolute Gasteiger partial charge is 0.460 e. The number of furan rings is 1. The lowest BCUT2D eigenvalue weighted by Gasteiger charge is -2.36. The van der Waals surface area contributed by atoms with E-state index in [1.807, 2.05) is 66.7 Å². The summed E-state index contributed by atoms with van der Waals surface area (Å²) in [5, 5.41) is 13.7. The normalized spacial score (nSPS) is 18.2. The van der Waals surface area contributed by atoms with Crippen LogP contribution in [0.5, 0.6) is 0 Å². The van der Waals surface area contributed by atoms with Gasteiger partial charge in [-0.3, -0.25) is 0 Å². The van der Waals surface area contributed by atoms with Crippen molar-refractivity contribution in [2.75, 3.05) is 0 Å². The van der Waals surface area contributed by atoms with Crippen molar-refractivity contribution in [3.05, 3.63) is 137 Å². The first-order chi connectivity index (χ1) is 16.8. The summed E-state index contributed by atoms with van der Waals surface area (Å²) in [6.07, 6.45) is 12.7. The summed E-state index contributed by atoms with van der Waals surface area (Å²) < 4.78 is 6.52. The van der Waals surface area contributed by atoms with Crippen molar-refractivity contribution in [3.63, 3.8) is 0 Å². The molecule has 0 saturated heterocycles. The Morgan fingerprint density at radius 2 is 1.38 bits per heavy atom. The molecule has 1 atom stereocenters. The Morgan fingerprint density at radius 1 is 0.735 bits per heavy atom. The van der Waals surface area contributed by atoms with E-state index >= 15 is 0 Å². The van der Waals surface area contributed by atoms with Crippen LogP contribution in [0.15, 0.2) is 119 Å². The predicted octanol–water partition coefficient (Wildman–Crippen LogP) is 7.91. The van der Waals surface area contributed by atoms with Crippen LogP contribution < -0.4 is 0 Å². The fourth-order valence-corrected chi connectivity index (χ4v) is 5.68. The molecule has 3 aromatic carbocycles. The van der Waals surface area contributed by atoms with Gasteiger partial charge in [-0.1, -0.05) is 109 Å². The smallest absolute Gasteiger partial charge is 0.140 e. The van der Waals surface area contributed by atoms with Gasteiger partial charge in [-0.15, -0.1) is 0 Å². The first-order valence-electron chi connectivity index (χ1n) is 12.2. The molecule has 2 aliphatic rings. The third-order valence-corrected chi connectivity index (χ3v) is 7.29. The molecule has 2 heteroatoms. The van der Waals surface area contributed by atoms with E-state index in [2.05, 4.69) is 42.5 Å². The Morgan fingerprint density at radius 3 is 2.12 bits per heavy atom. The second kappa shape index (κ2) is 8.62. The van der Waals surface area contributed by atoms with E-state index < -0.39 is 5.60 Å². The minimum absolute atomic E-state index is 0.122. The molecule has 1 unspecified atom stereocenters. The van der Waals surface area contributed by atoms with Crippen LogP contribution in [-0.4, -0.2) is 5.11 Å². The molecule has 168 valence electrons. The topological polar surface area (TPSA) is 33.4 Å². The van der Waals surface area contributed by atoms with Gasteiger partial charge in [0, 0.05) is 16.9 Å². The summed E-state index contributed by atoms with van der Waals surface area (Å²) in [5.74, 6) is 1.15. The van der Waals surface area contributed by atoms with Crippen LogP contribution in [0.2, 0.25) is 0 Å². The minimum atomic E-state index is -1.24. The van der Waals surface area contributed by atoms with Gasteiger partial charge in [0.25, 0.3) is 0 Å². The van der Waals surface area contributed by atoms with E-state index in [-0.39, 0.29) is 5.92 Å². The molecule has 0 amide bonds. The van der Waals surface area contributed by atoms with E-state index in [0.29, 0.717) is 0 Å². The summed E-state index contributed by atoms with van der Waals surface area (Å²) in [4.78, 5) is 0. The molecule has 0 aliphatic heterocycles. The van der Waals surface area contributed by atoms with Crippen molar-refractivity contribution < 1.29 is 9.52 Å². The second-order valence-corrected chi connectivity index (χ2v) is 9.23. The highest BCUT2D eigenvalue weighted by molar-refractivity contribution is 5.89. The average molecular weight is 445 g/mol. The lowest BCUT2D eigenvalue weighted by atomic mass is 9.72. The Bertz CT molecular complexity index is 1360. The van der Waals surface area contributed by atoms with Gasteiger partial charge in [-0.2, -0.15) is 0 Å². The summed E-state index contributed by atoms with van der Waals surface area (Å²) in [5.41, 5.74) is 4.91. The number of fused-ring (bicyclic) bond motifs is 3. The molecule has 0 fully saturated rings. The fourth-order valence-electron chi connectivity index (χ4n) is 5.68. The first kappa shape index (κ1) is 20.9. The van der Waals surface area contributed by atoms with Crippen LogP contribution in [0.4, 0.5) is 0 Å². The standard InChI is InChI=1S/C32H28O2/c33-32(23-13-3-1-4-14-23,24-15-5-2-6-16-24)29-21-11-9-17-25(29)27-19-7-8-20-28-26-18-10-12-22-30(26)34-31(27)28/h1-6,8,10-16,18,20-22,27,33H,7,9,17,19H2. The van der Waals surface area contributed by atoms with Gasteiger partial charge in [0.05, 0.1) is 0 Å². The van der Waals surface area contributed by atoms with Gasteiger partial charge in [0.2, 0.25) is 0 Å². The molecule has 1 aromatic heterocycles. The lowest BCUT2D eigenvalue weighted by molar-refractivity contribution is 0.122. The summed E-state index contributed by atoms with van der Waals surface area (Å²) in [6, 6.07) is 28.4. The highest BCUT2D eigenvalue weighted by Crippen LogP contribution is 2.48. The van der Waals surface area contributed by atoms with Crippen molar-refractivity contribution >= 4 is 17.0 Å². The zero-order valence-corrected chi connectivity index (χ0v) is 19.2. The Labute approximate surface area is 200 Å². The van der Waals surface area contributed by atoms with Crippen molar-refractivity contribution in [1.82, 2.24) is 0 Å². The molecule has 2 aliphatic carbocycles. The van der Waals surface area contributed by atoms with Crippen molar-refractivity contribution in [2.24, 2.45) is 0 Å². The van der Waals surface area contributed by atoms with Crippen LogP contribution in [0.25, 0.3) is 17.0 Å². The molecular weight excluding hydrogens is 416 g/mol. The highest BCUT2D eigenvalue weighted by Gasteiger charge is 2.39. The molecule has 0 saturated carbocycles. The molecule has 1 N–H and O–H groups in total. The molecule has 34 heavy (non-hydrogen) atoms. The second-order valence-electron chi connectivity index (χ2n) is 9.23. The highest BCUT2D eigenvalue weighted by atomic mass is 16.3. The third kappa shape index (κ3) is 3.38. The van der Waals surface area contributed by atoms with E-state index in [1.165, 1.54) is 11.1 Å². The van der Waals surface area contributed by atoms with E-state index in [0.717, 1.165) is 59.1 Å². The maximum Gasteiger partial charge on any atom is 0.140 e. The van der Waals surface area contributed by atoms with Gasteiger partial charge in [0.15, 0.2) is 0 Å². The number of allylic oxidation sites excluding steroid dienone is 3. The number of para-hydroxylation sites is 1. The van der Waals surface area contributed by atoms with Crippen LogP contribution in [0.1, 0.15) is 54.1 Å². The molecule has 0 spiro atoms. The number of rotatable bonds is 4. The molecular formula is C32H28O2. The Balaban J connectivity index is 1.60. The number of hydrogen-bond acceptors (Lipinski definition) is 2. The summed E-state index contributed by atoms with van der Waals surface area (Å²) >= 11 is 0. The average Bonchev–Trinajstić information content (AvgIpc) is 3.14. The molecule has 6 rings (SSSR count). The molecule has 0 bridgehead atoms. The maximum atomic E-state index is 12.6. The zero-order chi connectivity index (χ0) is 23.0. The monoisotopic (exact) mass is 444 g/mol. The Kier molecular flexibility index (Phi) is 5.31. The minimum Gasteiger partial charge on any atom is -0.460 e. The number of aliphatic hydroxyl groups is 1. The summed E-state index contributed by atoms with van der Waals surface area (Å²) in [6.45, 7) is 0. The van der Waals surface area contributed by atoms with Crippen LogP contribution in [0, 0.1) is 0 Å². The third-order valence-electron chi connectivity index (χ3n) is 7.29. The SMILES string of the molecule is OC(C1=C(C2CCC=Cc3c2oc2ccccc32)CCC=C1)(c1ccccc1)c1ccccc1. The van der Waals surface area contributed by atoms with E-state index in [9.17, 15) is 5.11 Å². The molecule has 2 nitrogen and oxygen atoms in total. The van der Waals surface area contributed by atoms with Crippen molar-refractivity contribution in [3.8, 4) is 0 Å². The van der Waals surface area contributed by atoms with Gasteiger partial charge < -0.3 is 9.52 Å². The summed E-state index contributed by atoms with van der Waals surface area (Å²) in [7, 11) is 0. The quantitative estimate of drug-likeness (QED) is 0.347. The fraction of sp³-hybridized carbons (Fsp3) is 0.188. The van der Waals surface area contributed by atoms with Crippen molar-refractivity contribution in [2.45, 2.75) is 37.2 Å². The van der Waals surface area contributed by atoms with Gasteiger partial charge >= 0.3 is 0 Å². The van der Waals surface area contributed by atoms with Crippen LogP contribution >= 0.6 is 0 Å². The molecule has 1 heterocycles. The van der Waals surface area contributed by atoms with Crippen LogP contribution in [-0.2, 0) is 5.60 Å². The van der Waals surface area contributed by atoms with Crippen LogP contribution in [0.3, 0.4) is 0 Å². The number of hydrogen-bond donors (Lipinski definition) is 1.